The van der Waals surface area contributed by atoms with E-state index >= 15 is 0 Å². The van der Waals surface area contributed by atoms with Gasteiger partial charge in [-0.1, -0.05) is 0 Å². The zero-order chi connectivity index (χ0) is 12.6. The highest BCUT2D eigenvalue weighted by Crippen LogP contribution is 2.37. The minimum atomic E-state index is -4.66. The smallest absolute Gasteiger partial charge is 0.264 e. The van der Waals surface area contributed by atoms with Gasteiger partial charge in [0.15, 0.2) is 9.84 Å². The monoisotopic (exact) mass is 261 g/mol. The first-order valence-electron chi connectivity index (χ1n) is 4.48. The molecule has 0 aromatic heterocycles. The Morgan fingerprint density at radius 2 is 1.69 bits per heavy atom. The molecule has 0 spiro atoms. The number of rotatable bonds is 2. The molecule has 16 heavy (non-hydrogen) atoms. The van der Waals surface area contributed by atoms with Crippen molar-refractivity contribution in [2.45, 2.75) is 31.0 Å². The molecule has 0 saturated carbocycles. The van der Waals surface area contributed by atoms with E-state index in [9.17, 15) is 31.7 Å². The second kappa shape index (κ2) is 3.86. The largest absolute Gasteiger partial charge is 0.395 e. The summed E-state index contributed by atoms with van der Waals surface area (Å²) >= 11 is 0. The lowest BCUT2D eigenvalue weighted by molar-refractivity contribution is -0.579. The summed E-state index contributed by atoms with van der Waals surface area (Å²) in [6.45, 7) is 0. The summed E-state index contributed by atoms with van der Waals surface area (Å²) in [6, 6.07) is 0. The van der Waals surface area contributed by atoms with Gasteiger partial charge in [0.05, 0.1) is 11.5 Å². The lowest BCUT2D eigenvalue weighted by atomic mass is 9.89. The summed E-state index contributed by atoms with van der Waals surface area (Å²) in [7, 11) is -3.41. The Morgan fingerprint density at radius 3 is 2.00 bits per heavy atom. The van der Waals surface area contributed by atoms with Gasteiger partial charge in [0.2, 0.25) is 5.54 Å². The third kappa shape index (κ3) is 3.06. The van der Waals surface area contributed by atoms with Crippen LogP contribution in [0.25, 0.3) is 0 Å². The summed E-state index contributed by atoms with van der Waals surface area (Å²) < 4.78 is 58.6. The fourth-order valence-corrected chi connectivity index (χ4v) is 3.30. The van der Waals surface area contributed by atoms with Crippen molar-refractivity contribution >= 4 is 9.84 Å². The number of alkyl halides is 3. The first kappa shape index (κ1) is 13.2. The predicted octanol–water partition coefficient (Wildman–Crippen LogP) is 1.16. The fraction of sp³-hybridized carbons (Fsp3) is 1.00. The summed E-state index contributed by atoms with van der Waals surface area (Å²) in [6.07, 6.45) is -7.36. The third-order valence-electron chi connectivity index (χ3n) is 2.67. The van der Waals surface area contributed by atoms with E-state index in [2.05, 4.69) is 0 Å². The number of hydrogen-bond donors (Lipinski definition) is 0. The van der Waals surface area contributed by atoms with E-state index in [1.807, 2.05) is 0 Å². The van der Waals surface area contributed by atoms with Gasteiger partial charge in [0.1, 0.15) is 6.42 Å². The topological polar surface area (TPSA) is 77.3 Å². The molecule has 9 heteroatoms. The number of nitro groups is 1. The average Bonchev–Trinajstić information content (AvgIpc) is 2.06. The Bertz CT molecular complexity index is 375. The van der Waals surface area contributed by atoms with Crippen LogP contribution in [0.3, 0.4) is 0 Å². The molecule has 0 unspecified atom stereocenters. The van der Waals surface area contributed by atoms with Gasteiger partial charge < -0.3 is 0 Å². The van der Waals surface area contributed by atoms with Crippen molar-refractivity contribution in [2.75, 3.05) is 11.5 Å². The van der Waals surface area contributed by atoms with Crippen molar-refractivity contribution in [3.8, 4) is 0 Å². The van der Waals surface area contributed by atoms with E-state index in [0.29, 0.717) is 0 Å². The predicted molar refractivity (Wildman–Crippen MR) is 48.3 cm³/mol. The van der Waals surface area contributed by atoms with Gasteiger partial charge in [-0.15, -0.1) is 0 Å². The molecule has 0 aromatic rings. The lowest BCUT2D eigenvalue weighted by Gasteiger charge is -2.29. The van der Waals surface area contributed by atoms with Crippen LogP contribution in [0.4, 0.5) is 13.2 Å². The number of sulfone groups is 1. The zero-order valence-electron chi connectivity index (χ0n) is 8.16. The molecule has 5 nitrogen and oxygen atoms in total. The minimum Gasteiger partial charge on any atom is -0.264 e. The molecule has 94 valence electrons. The van der Waals surface area contributed by atoms with E-state index < -0.39 is 57.2 Å². The van der Waals surface area contributed by atoms with Crippen molar-refractivity contribution in [3.05, 3.63) is 10.1 Å². The first-order valence-corrected chi connectivity index (χ1v) is 6.30. The number of hydrogen-bond acceptors (Lipinski definition) is 4. The molecule has 1 aliphatic rings. The Hall–Kier alpha value is -0.860. The molecule has 0 bridgehead atoms. The van der Waals surface area contributed by atoms with Crippen LogP contribution < -0.4 is 0 Å². The van der Waals surface area contributed by atoms with Crippen molar-refractivity contribution in [2.24, 2.45) is 0 Å². The Balaban J connectivity index is 2.89. The molecule has 0 N–H and O–H groups in total. The molecule has 1 rings (SSSR count). The van der Waals surface area contributed by atoms with Gasteiger partial charge in [0.25, 0.3) is 0 Å². The molecular formula is C7H10F3NO4S. The van der Waals surface area contributed by atoms with Gasteiger partial charge in [-0.25, -0.2) is 8.42 Å². The normalized spacial score (nSPS) is 23.9. The maximum Gasteiger partial charge on any atom is 0.395 e. The lowest BCUT2D eigenvalue weighted by Crippen LogP contribution is -2.48. The molecule has 1 saturated heterocycles. The van der Waals surface area contributed by atoms with Crippen LogP contribution in [0, 0.1) is 10.1 Å². The van der Waals surface area contributed by atoms with Crippen LogP contribution in [0.2, 0.25) is 0 Å². The maximum absolute atomic E-state index is 12.2. The highest BCUT2D eigenvalue weighted by atomic mass is 32.2. The van der Waals surface area contributed by atoms with Crippen LogP contribution in [-0.2, 0) is 9.84 Å². The highest BCUT2D eigenvalue weighted by Gasteiger charge is 2.54. The molecule has 0 aromatic carbocycles. The maximum atomic E-state index is 12.2. The molecule has 0 atom stereocenters. The van der Waals surface area contributed by atoms with E-state index in [-0.39, 0.29) is 0 Å². The standard InChI is InChI=1S/C7H10F3NO4S/c8-7(9,10)5-6(11(12)13)1-3-16(14,15)4-2-6/h1-5H2. The van der Waals surface area contributed by atoms with Crippen LogP contribution in [-0.4, -0.2) is 36.6 Å². The van der Waals surface area contributed by atoms with Crippen LogP contribution in [0.5, 0.6) is 0 Å². The van der Waals surface area contributed by atoms with Gasteiger partial charge >= 0.3 is 6.18 Å². The zero-order valence-corrected chi connectivity index (χ0v) is 8.97. The Kier molecular flexibility index (Phi) is 3.19. The summed E-state index contributed by atoms with van der Waals surface area (Å²) in [5.74, 6) is -1.10. The Labute approximate surface area is 89.7 Å². The van der Waals surface area contributed by atoms with E-state index in [0.717, 1.165) is 0 Å². The highest BCUT2D eigenvalue weighted by molar-refractivity contribution is 7.91. The summed E-state index contributed by atoms with van der Waals surface area (Å²) in [5, 5.41) is 10.7. The van der Waals surface area contributed by atoms with Gasteiger partial charge in [-0.2, -0.15) is 13.2 Å². The fourth-order valence-electron chi connectivity index (χ4n) is 1.72. The van der Waals surface area contributed by atoms with Crippen molar-refractivity contribution in [1.29, 1.82) is 0 Å². The molecule has 1 aliphatic heterocycles. The number of halogens is 3. The van der Waals surface area contributed by atoms with Crippen LogP contribution in [0.15, 0.2) is 0 Å². The molecule has 1 heterocycles. The van der Waals surface area contributed by atoms with E-state index in [4.69, 9.17) is 0 Å². The van der Waals surface area contributed by atoms with Crippen molar-refractivity contribution in [3.63, 3.8) is 0 Å². The second-order valence-electron chi connectivity index (χ2n) is 3.93. The SMILES string of the molecule is O=[N+]([O-])C1(CC(F)(F)F)CCS(=O)(=O)CC1. The Morgan fingerprint density at radius 1 is 1.25 bits per heavy atom. The molecule has 0 radical (unpaired) electrons. The van der Waals surface area contributed by atoms with E-state index in [1.165, 1.54) is 0 Å². The summed E-state index contributed by atoms with van der Waals surface area (Å²) in [5.41, 5.74) is -2.16. The van der Waals surface area contributed by atoms with Crippen molar-refractivity contribution < 1.29 is 26.5 Å². The average molecular weight is 261 g/mol. The third-order valence-corrected chi connectivity index (χ3v) is 4.33. The van der Waals surface area contributed by atoms with Crippen LogP contribution >= 0.6 is 0 Å². The molecular weight excluding hydrogens is 251 g/mol. The summed E-state index contributed by atoms with van der Waals surface area (Å²) in [4.78, 5) is 9.68. The molecule has 0 amide bonds. The second-order valence-corrected chi connectivity index (χ2v) is 6.23. The van der Waals surface area contributed by atoms with Gasteiger partial charge in [0, 0.05) is 17.8 Å². The van der Waals surface area contributed by atoms with Gasteiger partial charge in [-0.3, -0.25) is 10.1 Å². The molecule has 1 fully saturated rings. The minimum absolute atomic E-state index is 0.552. The first-order chi connectivity index (χ1) is 7.06. The van der Waals surface area contributed by atoms with Crippen LogP contribution in [0.1, 0.15) is 19.3 Å². The van der Waals surface area contributed by atoms with E-state index in [1.54, 1.807) is 0 Å². The van der Waals surface area contributed by atoms with Gasteiger partial charge in [-0.05, 0) is 0 Å². The van der Waals surface area contributed by atoms with Crippen molar-refractivity contribution in [1.82, 2.24) is 0 Å². The quantitative estimate of drug-likeness (QED) is 0.552. The number of nitrogens with zero attached hydrogens (tertiary/aromatic N) is 1. The molecule has 0 aliphatic carbocycles.